The number of cyclic esters (lactones) is 1. The van der Waals surface area contributed by atoms with Crippen LogP contribution >= 0.6 is 0 Å². The number of carbonyl (C=O) groups excluding carboxylic acids is 2. The highest BCUT2D eigenvalue weighted by Gasteiger charge is 2.66. The van der Waals surface area contributed by atoms with Crippen LogP contribution in [0.25, 0.3) is 17.2 Å². The Labute approximate surface area is 217 Å². The van der Waals surface area contributed by atoms with E-state index in [1.807, 2.05) is 43.3 Å². The van der Waals surface area contributed by atoms with Crippen molar-refractivity contribution in [3.8, 4) is 17.2 Å². The number of benzene rings is 1. The molecule has 2 N–H and O–H groups in total. The van der Waals surface area contributed by atoms with E-state index in [-0.39, 0.29) is 36.1 Å². The minimum Gasteiger partial charge on any atom is -0.461 e. The Morgan fingerprint density at radius 2 is 2.00 bits per heavy atom. The van der Waals surface area contributed by atoms with Gasteiger partial charge in [0.2, 0.25) is 5.91 Å². The molecule has 1 aromatic carbocycles. The van der Waals surface area contributed by atoms with E-state index in [0.29, 0.717) is 24.8 Å². The lowest BCUT2D eigenvalue weighted by Gasteiger charge is -2.46. The maximum atomic E-state index is 13.5. The highest BCUT2D eigenvalue weighted by molar-refractivity contribution is 6.04. The van der Waals surface area contributed by atoms with E-state index in [4.69, 9.17) is 4.74 Å². The van der Waals surface area contributed by atoms with Gasteiger partial charge in [-0.15, -0.1) is 0 Å². The van der Waals surface area contributed by atoms with Gasteiger partial charge in [0.05, 0.1) is 22.9 Å². The Kier molecular flexibility index (Phi) is 6.41. The molecule has 0 spiro atoms. The van der Waals surface area contributed by atoms with E-state index in [0.717, 1.165) is 16.8 Å². The van der Waals surface area contributed by atoms with Crippen LogP contribution in [0, 0.1) is 40.4 Å². The molecule has 0 bridgehead atoms. The van der Waals surface area contributed by atoms with Crippen LogP contribution in [0.3, 0.4) is 0 Å². The minimum absolute atomic E-state index is 0.0687. The van der Waals surface area contributed by atoms with Crippen LogP contribution in [0.15, 0.2) is 48.7 Å². The zero-order valence-electron chi connectivity index (χ0n) is 21.5. The molecule has 3 aliphatic rings. The SMILES string of the molecule is CC1C[C@@]2(C(=O)NCC3(O)CC3)C(=O)O[C@H](C)C2C(/C=C/c2ccc(-c3ccccc3C#N)cn2)C1C. The van der Waals surface area contributed by atoms with Crippen LogP contribution in [0.1, 0.15) is 51.3 Å². The maximum absolute atomic E-state index is 13.5. The van der Waals surface area contributed by atoms with Gasteiger partial charge in [-0.3, -0.25) is 14.6 Å². The number of fused-ring (bicyclic) bond motifs is 1. The highest BCUT2D eigenvalue weighted by Crippen LogP contribution is 2.56. The lowest BCUT2D eigenvalue weighted by atomic mass is 9.54. The summed E-state index contributed by atoms with van der Waals surface area (Å²) in [5, 5.41) is 22.5. The zero-order valence-corrected chi connectivity index (χ0v) is 21.5. The molecule has 7 heteroatoms. The van der Waals surface area contributed by atoms with E-state index < -0.39 is 23.1 Å². The molecule has 2 aliphatic carbocycles. The third kappa shape index (κ3) is 4.44. The number of rotatable bonds is 6. The van der Waals surface area contributed by atoms with E-state index in [1.165, 1.54) is 0 Å². The largest absolute Gasteiger partial charge is 0.461 e. The van der Waals surface area contributed by atoms with E-state index in [2.05, 4.69) is 36.3 Å². The number of esters is 1. The fourth-order valence-electron chi connectivity index (χ4n) is 6.21. The Balaban J connectivity index is 1.41. The Bertz CT molecular complexity index is 1280. The molecule has 1 saturated heterocycles. The number of nitrogens with one attached hydrogen (secondary N) is 1. The van der Waals surface area contributed by atoms with Crippen molar-refractivity contribution in [1.82, 2.24) is 10.3 Å². The summed E-state index contributed by atoms with van der Waals surface area (Å²) in [6.45, 7) is 6.28. The summed E-state index contributed by atoms with van der Waals surface area (Å²) in [4.78, 5) is 31.4. The average Bonchev–Trinajstić information content (AvgIpc) is 3.58. The van der Waals surface area contributed by atoms with Gasteiger partial charge < -0.3 is 15.2 Å². The van der Waals surface area contributed by atoms with Crippen molar-refractivity contribution in [2.45, 2.75) is 51.7 Å². The number of hydrogen-bond acceptors (Lipinski definition) is 6. The number of ether oxygens (including phenoxy) is 1. The van der Waals surface area contributed by atoms with Crippen LogP contribution < -0.4 is 5.32 Å². The number of hydrogen-bond donors (Lipinski definition) is 2. The monoisotopic (exact) mass is 499 g/mol. The fourth-order valence-corrected chi connectivity index (χ4v) is 6.21. The predicted octanol–water partition coefficient (Wildman–Crippen LogP) is 4.11. The van der Waals surface area contributed by atoms with Gasteiger partial charge in [0.1, 0.15) is 6.10 Å². The van der Waals surface area contributed by atoms with Crippen molar-refractivity contribution < 1.29 is 19.4 Å². The van der Waals surface area contributed by atoms with Gasteiger partial charge in [-0.2, -0.15) is 5.26 Å². The van der Waals surface area contributed by atoms with Crippen LogP contribution in [0.2, 0.25) is 0 Å². The summed E-state index contributed by atoms with van der Waals surface area (Å²) in [5.74, 6) is -0.812. The molecule has 3 fully saturated rings. The zero-order chi connectivity index (χ0) is 26.4. The molecule has 6 atom stereocenters. The van der Waals surface area contributed by atoms with E-state index >= 15 is 0 Å². The first kappa shape index (κ1) is 25.2. The second kappa shape index (κ2) is 9.42. The molecule has 0 radical (unpaired) electrons. The summed E-state index contributed by atoms with van der Waals surface area (Å²) >= 11 is 0. The molecule has 2 saturated carbocycles. The average molecular weight is 500 g/mol. The number of aliphatic hydroxyl groups is 1. The number of aromatic nitrogens is 1. The number of nitrogens with zero attached hydrogens (tertiary/aromatic N) is 2. The van der Waals surface area contributed by atoms with Gasteiger partial charge in [0.25, 0.3) is 0 Å². The van der Waals surface area contributed by atoms with Crippen molar-refractivity contribution >= 4 is 18.0 Å². The molecule has 1 aromatic heterocycles. The van der Waals surface area contributed by atoms with E-state index in [1.54, 1.807) is 12.3 Å². The first-order valence-corrected chi connectivity index (χ1v) is 13.0. The van der Waals surface area contributed by atoms with Gasteiger partial charge in [-0.25, -0.2) is 0 Å². The van der Waals surface area contributed by atoms with Crippen LogP contribution in [0.5, 0.6) is 0 Å². The molecule has 5 rings (SSSR count). The summed E-state index contributed by atoms with van der Waals surface area (Å²) in [5.41, 5.74) is 0.960. The second-order valence-corrected chi connectivity index (χ2v) is 11.1. The van der Waals surface area contributed by atoms with Crippen molar-refractivity contribution in [2.24, 2.45) is 29.1 Å². The lowest BCUT2D eigenvalue weighted by molar-refractivity contribution is -0.157. The standard InChI is InChI=1S/C30H33N3O4/c1-18-14-30(27(34)33-17-29(36)12-13-29)26(20(3)37-28(30)35)24(19(18)2)11-10-23-9-8-22(16-32-23)25-7-5-4-6-21(25)15-31/h4-11,16,18-20,24,26,36H,12-14,17H2,1-3H3,(H,33,34)/b11-10+/t18?,19?,20-,24?,26?,30-/m1/s1. The number of allylic oxidation sites excluding steroid dienone is 1. The second-order valence-electron chi connectivity index (χ2n) is 11.1. The smallest absolute Gasteiger partial charge is 0.322 e. The summed E-state index contributed by atoms with van der Waals surface area (Å²) in [6.07, 6.45) is 7.14. The molecule has 1 amide bonds. The molecule has 7 nitrogen and oxygen atoms in total. The molecule has 4 unspecified atom stereocenters. The molecule has 2 aromatic rings. The summed E-state index contributed by atoms with van der Waals surface area (Å²) in [7, 11) is 0. The predicted molar refractivity (Wildman–Crippen MR) is 139 cm³/mol. The number of carbonyl (C=O) groups is 2. The molecular formula is C30H33N3O4. The first-order valence-electron chi connectivity index (χ1n) is 13.0. The van der Waals surface area contributed by atoms with E-state index in [9.17, 15) is 20.0 Å². The molecule has 37 heavy (non-hydrogen) atoms. The number of amides is 1. The van der Waals surface area contributed by atoms with Gasteiger partial charge in [-0.1, -0.05) is 44.2 Å². The first-order chi connectivity index (χ1) is 17.7. The van der Waals surface area contributed by atoms with Crippen molar-refractivity contribution in [3.63, 3.8) is 0 Å². The van der Waals surface area contributed by atoms with Crippen molar-refractivity contribution in [3.05, 3.63) is 59.9 Å². The van der Waals surface area contributed by atoms with Gasteiger partial charge in [-0.05, 0) is 62.1 Å². The quantitative estimate of drug-likeness (QED) is 0.457. The van der Waals surface area contributed by atoms with Crippen molar-refractivity contribution in [1.29, 1.82) is 5.26 Å². The number of nitriles is 1. The summed E-state index contributed by atoms with van der Waals surface area (Å²) in [6, 6.07) is 13.5. The van der Waals surface area contributed by atoms with Gasteiger partial charge in [0, 0.05) is 29.8 Å². The summed E-state index contributed by atoms with van der Waals surface area (Å²) < 4.78 is 5.71. The minimum atomic E-state index is -1.26. The maximum Gasteiger partial charge on any atom is 0.322 e. The molecule has 1 aliphatic heterocycles. The highest BCUT2D eigenvalue weighted by atomic mass is 16.6. The number of pyridine rings is 1. The topological polar surface area (TPSA) is 112 Å². The normalized spacial score (nSPS) is 31.9. The Morgan fingerprint density at radius 1 is 1.24 bits per heavy atom. The Morgan fingerprint density at radius 3 is 2.68 bits per heavy atom. The van der Waals surface area contributed by atoms with Crippen LogP contribution in [0.4, 0.5) is 0 Å². The third-order valence-electron chi connectivity index (χ3n) is 8.74. The molecule has 2 heterocycles. The fraction of sp³-hybridized carbons (Fsp3) is 0.467. The third-order valence-corrected chi connectivity index (χ3v) is 8.74. The van der Waals surface area contributed by atoms with Crippen LogP contribution in [-0.2, 0) is 14.3 Å². The molecule has 192 valence electrons. The Hall–Kier alpha value is -3.50. The molecular weight excluding hydrogens is 466 g/mol. The lowest BCUT2D eigenvalue weighted by Crippen LogP contribution is -2.56. The van der Waals surface area contributed by atoms with Crippen LogP contribution in [-0.4, -0.2) is 40.2 Å². The van der Waals surface area contributed by atoms with Crippen molar-refractivity contribution in [2.75, 3.05) is 6.54 Å². The van der Waals surface area contributed by atoms with Gasteiger partial charge in [0.15, 0.2) is 5.41 Å². The van der Waals surface area contributed by atoms with Gasteiger partial charge >= 0.3 is 5.97 Å².